The second kappa shape index (κ2) is 6.23. The minimum absolute atomic E-state index is 0.378. The first-order valence-corrected chi connectivity index (χ1v) is 7.93. The fourth-order valence-electron chi connectivity index (χ4n) is 3.29. The maximum Gasteiger partial charge on any atom is 0.222 e. The SMILES string of the molecule is O=C(CCC1CCCN1)N(CC1CCOC1)C1CC1. The summed E-state index contributed by atoms with van der Waals surface area (Å²) in [7, 11) is 0. The number of ether oxygens (including phenoxy) is 1. The average Bonchev–Trinajstić information content (AvgIpc) is 2.94. The van der Waals surface area contributed by atoms with Crippen molar-refractivity contribution in [3.05, 3.63) is 0 Å². The molecule has 4 nitrogen and oxygen atoms in total. The molecule has 2 saturated heterocycles. The molecule has 3 rings (SSSR count). The lowest BCUT2D eigenvalue weighted by Gasteiger charge is -2.25. The highest BCUT2D eigenvalue weighted by atomic mass is 16.5. The van der Waals surface area contributed by atoms with Crippen molar-refractivity contribution in [1.29, 1.82) is 0 Å². The second-order valence-electron chi connectivity index (χ2n) is 6.34. The van der Waals surface area contributed by atoms with E-state index in [1.807, 2.05) is 0 Å². The molecular formula is C15H26N2O2. The average molecular weight is 266 g/mol. The van der Waals surface area contributed by atoms with Crippen LogP contribution in [0.4, 0.5) is 0 Å². The molecule has 0 radical (unpaired) electrons. The molecule has 1 aliphatic carbocycles. The van der Waals surface area contributed by atoms with E-state index in [9.17, 15) is 4.79 Å². The molecule has 2 aliphatic heterocycles. The lowest BCUT2D eigenvalue weighted by atomic mass is 10.1. The Labute approximate surface area is 115 Å². The maximum absolute atomic E-state index is 12.4. The summed E-state index contributed by atoms with van der Waals surface area (Å²) in [4.78, 5) is 14.6. The van der Waals surface area contributed by atoms with Gasteiger partial charge in [0.1, 0.15) is 0 Å². The topological polar surface area (TPSA) is 41.6 Å². The number of amides is 1. The molecule has 0 spiro atoms. The van der Waals surface area contributed by atoms with Gasteiger partial charge in [-0.15, -0.1) is 0 Å². The monoisotopic (exact) mass is 266 g/mol. The third kappa shape index (κ3) is 3.69. The van der Waals surface area contributed by atoms with Gasteiger partial charge in [-0.25, -0.2) is 0 Å². The van der Waals surface area contributed by atoms with Gasteiger partial charge in [-0.1, -0.05) is 0 Å². The predicted molar refractivity (Wildman–Crippen MR) is 73.9 cm³/mol. The van der Waals surface area contributed by atoms with Crippen LogP contribution in [0.1, 0.15) is 44.9 Å². The van der Waals surface area contributed by atoms with E-state index in [-0.39, 0.29) is 0 Å². The zero-order chi connectivity index (χ0) is 13.1. The van der Waals surface area contributed by atoms with E-state index in [0.717, 1.165) is 45.6 Å². The second-order valence-corrected chi connectivity index (χ2v) is 6.34. The molecule has 4 heteroatoms. The maximum atomic E-state index is 12.4. The first-order valence-electron chi connectivity index (χ1n) is 7.93. The van der Waals surface area contributed by atoms with Gasteiger partial charge in [-0.3, -0.25) is 4.79 Å². The Kier molecular flexibility index (Phi) is 4.38. The van der Waals surface area contributed by atoms with Gasteiger partial charge in [-0.05, 0) is 45.1 Å². The van der Waals surface area contributed by atoms with Gasteiger partial charge in [0.25, 0.3) is 0 Å². The van der Waals surface area contributed by atoms with E-state index in [1.54, 1.807) is 0 Å². The van der Waals surface area contributed by atoms with E-state index in [4.69, 9.17) is 4.74 Å². The minimum atomic E-state index is 0.378. The highest BCUT2D eigenvalue weighted by Crippen LogP contribution is 2.30. The summed E-state index contributed by atoms with van der Waals surface area (Å²) in [6.45, 7) is 3.79. The highest BCUT2D eigenvalue weighted by molar-refractivity contribution is 5.77. The molecule has 1 amide bonds. The van der Waals surface area contributed by atoms with Crippen molar-refractivity contribution in [3.8, 4) is 0 Å². The zero-order valence-electron chi connectivity index (χ0n) is 11.8. The Bertz CT molecular complexity index is 305. The Morgan fingerprint density at radius 2 is 2.16 bits per heavy atom. The summed E-state index contributed by atoms with van der Waals surface area (Å²) in [5.41, 5.74) is 0. The molecule has 1 saturated carbocycles. The molecular weight excluding hydrogens is 240 g/mol. The van der Waals surface area contributed by atoms with Gasteiger partial charge in [-0.2, -0.15) is 0 Å². The van der Waals surface area contributed by atoms with Crippen molar-refractivity contribution in [3.63, 3.8) is 0 Å². The van der Waals surface area contributed by atoms with E-state index in [0.29, 0.717) is 23.9 Å². The van der Waals surface area contributed by atoms with Crippen molar-refractivity contribution in [2.24, 2.45) is 5.92 Å². The summed E-state index contributed by atoms with van der Waals surface area (Å²) in [6, 6.07) is 1.13. The lowest BCUT2D eigenvalue weighted by Crippen LogP contribution is -2.38. The van der Waals surface area contributed by atoms with Crippen molar-refractivity contribution in [2.45, 2.75) is 57.0 Å². The molecule has 0 aromatic heterocycles. The van der Waals surface area contributed by atoms with Crippen LogP contribution in [0.5, 0.6) is 0 Å². The third-order valence-electron chi connectivity index (χ3n) is 4.66. The summed E-state index contributed by atoms with van der Waals surface area (Å²) >= 11 is 0. The fraction of sp³-hybridized carbons (Fsp3) is 0.933. The molecule has 0 aromatic carbocycles. The predicted octanol–water partition coefficient (Wildman–Crippen LogP) is 1.55. The lowest BCUT2D eigenvalue weighted by molar-refractivity contribution is -0.132. The van der Waals surface area contributed by atoms with Gasteiger partial charge in [0.15, 0.2) is 0 Å². The van der Waals surface area contributed by atoms with E-state index >= 15 is 0 Å². The standard InChI is InChI=1S/C15H26N2O2/c18-15(6-3-13-2-1-8-16-13)17(14-4-5-14)10-12-7-9-19-11-12/h12-14,16H,1-11H2. The van der Waals surface area contributed by atoms with Crippen LogP contribution >= 0.6 is 0 Å². The molecule has 1 N–H and O–H groups in total. The van der Waals surface area contributed by atoms with Gasteiger partial charge in [0, 0.05) is 37.6 Å². The first-order chi connectivity index (χ1) is 9.33. The molecule has 3 fully saturated rings. The van der Waals surface area contributed by atoms with Crippen LogP contribution in [-0.2, 0) is 9.53 Å². The molecule has 0 aromatic rings. The van der Waals surface area contributed by atoms with E-state index in [1.165, 1.54) is 25.7 Å². The Balaban J connectivity index is 1.46. The van der Waals surface area contributed by atoms with Crippen LogP contribution in [0, 0.1) is 5.92 Å². The van der Waals surface area contributed by atoms with Gasteiger partial charge >= 0.3 is 0 Å². The molecule has 2 heterocycles. The quantitative estimate of drug-likeness (QED) is 0.793. The van der Waals surface area contributed by atoms with Crippen LogP contribution in [-0.4, -0.2) is 49.2 Å². The molecule has 3 aliphatic rings. The molecule has 19 heavy (non-hydrogen) atoms. The number of rotatable bonds is 6. The Hall–Kier alpha value is -0.610. The number of nitrogens with one attached hydrogen (secondary N) is 1. The Morgan fingerprint density at radius 3 is 2.79 bits per heavy atom. The van der Waals surface area contributed by atoms with Crippen LogP contribution in [0.15, 0.2) is 0 Å². The molecule has 108 valence electrons. The summed E-state index contributed by atoms with van der Waals surface area (Å²) in [5.74, 6) is 0.956. The summed E-state index contributed by atoms with van der Waals surface area (Å²) < 4.78 is 5.43. The number of nitrogens with zero attached hydrogens (tertiary/aromatic N) is 1. The van der Waals surface area contributed by atoms with Crippen LogP contribution in [0.3, 0.4) is 0 Å². The van der Waals surface area contributed by atoms with Gasteiger partial charge < -0.3 is 15.0 Å². The number of carbonyl (C=O) groups is 1. The first kappa shape index (κ1) is 13.4. The fourth-order valence-corrected chi connectivity index (χ4v) is 3.29. The molecule has 2 unspecified atom stereocenters. The number of hydrogen-bond acceptors (Lipinski definition) is 3. The normalized spacial score (nSPS) is 30.7. The minimum Gasteiger partial charge on any atom is -0.381 e. The van der Waals surface area contributed by atoms with Crippen molar-refractivity contribution in [1.82, 2.24) is 10.2 Å². The molecule has 2 atom stereocenters. The largest absolute Gasteiger partial charge is 0.381 e. The summed E-state index contributed by atoms with van der Waals surface area (Å²) in [5, 5.41) is 3.48. The zero-order valence-corrected chi connectivity index (χ0v) is 11.8. The van der Waals surface area contributed by atoms with Crippen LogP contribution in [0.25, 0.3) is 0 Å². The molecule has 0 bridgehead atoms. The summed E-state index contributed by atoms with van der Waals surface area (Å²) in [6.07, 6.45) is 7.80. The van der Waals surface area contributed by atoms with E-state index < -0.39 is 0 Å². The number of hydrogen-bond donors (Lipinski definition) is 1. The van der Waals surface area contributed by atoms with Gasteiger partial charge in [0.2, 0.25) is 5.91 Å². The van der Waals surface area contributed by atoms with Crippen molar-refractivity contribution in [2.75, 3.05) is 26.3 Å². The van der Waals surface area contributed by atoms with Crippen LogP contribution in [0.2, 0.25) is 0 Å². The van der Waals surface area contributed by atoms with E-state index in [2.05, 4.69) is 10.2 Å². The van der Waals surface area contributed by atoms with Gasteiger partial charge in [0.05, 0.1) is 6.61 Å². The third-order valence-corrected chi connectivity index (χ3v) is 4.66. The smallest absolute Gasteiger partial charge is 0.222 e. The van der Waals surface area contributed by atoms with Crippen molar-refractivity contribution < 1.29 is 9.53 Å². The van der Waals surface area contributed by atoms with Crippen molar-refractivity contribution >= 4 is 5.91 Å². The van der Waals surface area contributed by atoms with Crippen LogP contribution < -0.4 is 5.32 Å². The Morgan fingerprint density at radius 1 is 1.26 bits per heavy atom. The highest BCUT2D eigenvalue weighted by Gasteiger charge is 2.34. The number of carbonyl (C=O) groups excluding carboxylic acids is 1.